The van der Waals surface area contributed by atoms with Crippen molar-refractivity contribution >= 4 is 46.7 Å². The first kappa shape index (κ1) is 21.3. The number of amides is 1. The molecule has 4 rings (SSSR count). The summed E-state index contributed by atoms with van der Waals surface area (Å²) < 4.78 is 0. The maximum atomic E-state index is 13.3. The van der Waals surface area contributed by atoms with Gasteiger partial charge >= 0.3 is 0 Å². The van der Waals surface area contributed by atoms with Crippen LogP contribution in [0.15, 0.2) is 78.9 Å². The van der Waals surface area contributed by atoms with Gasteiger partial charge in [0.15, 0.2) is 11.4 Å². The van der Waals surface area contributed by atoms with Gasteiger partial charge in [-0.1, -0.05) is 71.7 Å². The van der Waals surface area contributed by atoms with Crippen molar-refractivity contribution in [1.29, 1.82) is 0 Å². The molecular weight excluding hydrogens is 433 g/mol. The molecule has 1 N–H and O–H groups in total. The highest BCUT2D eigenvalue weighted by Crippen LogP contribution is 2.44. The van der Waals surface area contributed by atoms with Gasteiger partial charge in [-0.2, -0.15) is 0 Å². The number of carbonyl (C=O) groups excluding carboxylic acids is 2. The summed E-state index contributed by atoms with van der Waals surface area (Å²) in [4.78, 5) is 27.4. The molecule has 1 aliphatic rings. The molecule has 3 aromatic rings. The number of rotatable bonds is 6. The second-order valence-electron chi connectivity index (χ2n) is 7.43. The highest BCUT2D eigenvalue weighted by Gasteiger charge is 2.50. The van der Waals surface area contributed by atoms with E-state index in [9.17, 15) is 14.7 Å². The summed E-state index contributed by atoms with van der Waals surface area (Å²) in [5.41, 5.74) is 0.587. The van der Waals surface area contributed by atoms with Gasteiger partial charge in [-0.25, -0.2) is 0 Å². The standard InChI is InChI=1S/C25H19Cl2NO3/c26-19-9-6-18(7-10-19)16-28-23-13-11-20(27)14-22(23)25(31,24(28)30)15-21(29)12-8-17-4-2-1-3-5-17/h1-14,31H,15-16H2/b12-8+. The molecule has 0 aromatic heterocycles. The Balaban J connectivity index is 1.63. The van der Waals surface area contributed by atoms with Crippen LogP contribution in [0.25, 0.3) is 6.08 Å². The van der Waals surface area contributed by atoms with Crippen LogP contribution in [0.2, 0.25) is 10.0 Å². The summed E-state index contributed by atoms with van der Waals surface area (Å²) in [5.74, 6) is -0.917. The van der Waals surface area contributed by atoms with Crippen molar-refractivity contribution in [2.75, 3.05) is 4.90 Å². The van der Waals surface area contributed by atoms with Gasteiger partial charge in [0, 0.05) is 15.6 Å². The van der Waals surface area contributed by atoms with E-state index in [4.69, 9.17) is 23.2 Å². The van der Waals surface area contributed by atoms with Gasteiger partial charge in [0.1, 0.15) is 0 Å². The lowest BCUT2D eigenvalue weighted by molar-refractivity contribution is -0.140. The monoisotopic (exact) mass is 451 g/mol. The molecule has 6 heteroatoms. The Hall–Kier alpha value is -2.92. The van der Waals surface area contributed by atoms with Gasteiger partial charge in [0.2, 0.25) is 0 Å². The molecule has 1 amide bonds. The number of halogens is 2. The van der Waals surface area contributed by atoms with Crippen LogP contribution in [0.3, 0.4) is 0 Å². The molecular formula is C25H19Cl2NO3. The van der Waals surface area contributed by atoms with Crippen molar-refractivity contribution in [1.82, 2.24) is 0 Å². The van der Waals surface area contributed by atoms with Gasteiger partial charge in [0.25, 0.3) is 5.91 Å². The fourth-order valence-corrected chi connectivity index (χ4v) is 3.99. The molecule has 0 fully saturated rings. The van der Waals surface area contributed by atoms with Crippen LogP contribution in [-0.4, -0.2) is 16.8 Å². The zero-order chi connectivity index (χ0) is 22.0. The van der Waals surface area contributed by atoms with Gasteiger partial charge in [-0.05, 0) is 47.5 Å². The average Bonchev–Trinajstić information content (AvgIpc) is 2.96. The van der Waals surface area contributed by atoms with E-state index >= 15 is 0 Å². The summed E-state index contributed by atoms with van der Waals surface area (Å²) >= 11 is 12.1. The minimum atomic E-state index is -1.98. The molecule has 1 unspecified atom stereocenters. The van der Waals surface area contributed by atoms with E-state index in [1.165, 1.54) is 11.0 Å². The highest BCUT2D eigenvalue weighted by molar-refractivity contribution is 6.31. The van der Waals surface area contributed by atoms with Crippen LogP contribution in [0.5, 0.6) is 0 Å². The summed E-state index contributed by atoms with van der Waals surface area (Å²) in [6, 6.07) is 21.3. The summed E-state index contributed by atoms with van der Waals surface area (Å²) in [6.45, 7) is 0.237. The molecule has 31 heavy (non-hydrogen) atoms. The fraction of sp³-hybridized carbons (Fsp3) is 0.120. The molecule has 1 aliphatic heterocycles. The predicted molar refractivity (Wildman–Crippen MR) is 123 cm³/mol. The van der Waals surface area contributed by atoms with Crippen LogP contribution in [0, 0.1) is 0 Å². The number of nitrogens with zero attached hydrogens (tertiary/aromatic N) is 1. The lowest BCUT2D eigenvalue weighted by Gasteiger charge is -2.22. The van der Waals surface area contributed by atoms with Crippen LogP contribution >= 0.6 is 23.2 Å². The number of anilines is 1. The first-order valence-electron chi connectivity index (χ1n) is 9.71. The van der Waals surface area contributed by atoms with Crippen molar-refractivity contribution in [2.24, 2.45) is 0 Å². The number of fused-ring (bicyclic) bond motifs is 1. The predicted octanol–water partition coefficient (Wildman–Crippen LogP) is 5.40. The Labute approximate surface area is 190 Å². The van der Waals surface area contributed by atoms with Crippen molar-refractivity contribution < 1.29 is 14.7 Å². The summed E-state index contributed by atoms with van der Waals surface area (Å²) in [6.07, 6.45) is 2.67. The van der Waals surface area contributed by atoms with Crippen LogP contribution in [0.1, 0.15) is 23.1 Å². The maximum Gasteiger partial charge on any atom is 0.264 e. The first-order chi connectivity index (χ1) is 14.9. The van der Waals surface area contributed by atoms with E-state index in [-0.39, 0.29) is 18.7 Å². The number of aliphatic hydroxyl groups is 1. The lowest BCUT2D eigenvalue weighted by Crippen LogP contribution is -2.41. The number of allylic oxidation sites excluding steroid dienone is 1. The quantitative estimate of drug-likeness (QED) is 0.510. The minimum Gasteiger partial charge on any atom is -0.375 e. The Morgan fingerprint density at radius 2 is 1.65 bits per heavy atom. The smallest absolute Gasteiger partial charge is 0.264 e. The molecule has 0 radical (unpaired) electrons. The van der Waals surface area contributed by atoms with Crippen molar-refractivity contribution in [3.63, 3.8) is 0 Å². The van der Waals surface area contributed by atoms with Gasteiger partial charge in [-0.3, -0.25) is 9.59 Å². The largest absolute Gasteiger partial charge is 0.375 e. The van der Waals surface area contributed by atoms with Gasteiger partial charge < -0.3 is 10.0 Å². The van der Waals surface area contributed by atoms with Gasteiger partial charge in [0.05, 0.1) is 18.7 Å². The third kappa shape index (κ3) is 4.42. The number of carbonyl (C=O) groups is 2. The normalized spacial score (nSPS) is 17.9. The minimum absolute atomic E-state index is 0.237. The van der Waals surface area contributed by atoms with Crippen molar-refractivity contribution in [3.8, 4) is 0 Å². The molecule has 4 nitrogen and oxygen atoms in total. The second kappa shape index (κ2) is 8.67. The van der Waals surface area contributed by atoms with Crippen molar-refractivity contribution in [3.05, 3.63) is 106 Å². The Kier molecular flexibility index (Phi) is 5.96. The zero-order valence-electron chi connectivity index (χ0n) is 16.5. The Bertz CT molecular complexity index is 1160. The molecule has 0 spiro atoms. The summed E-state index contributed by atoms with van der Waals surface area (Å²) in [7, 11) is 0. The molecule has 0 saturated heterocycles. The molecule has 0 bridgehead atoms. The van der Waals surface area contributed by atoms with E-state index in [1.54, 1.807) is 36.4 Å². The summed E-state index contributed by atoms with van der Waals surface area (Å²) in [5, 5.41) is 12.3. The third-order valence-electron chi connectivity index (χ3n) is 5.24. The van der Waals surface area contributed by atoms with E-state index in [0.29, 0.717) is 21.3 Å². The molecule has 1 heterocycles. The van der Waals surface area contributed by atoms with Crippen LogP contribution in [-0.2, 0) is 21.7 Å². The average molecular weight is 452 g/mol. The number of benzene rings is 3. The van der Waals surface area contributed by atoms with E-state index in [2.05, 4.69) is 0 Å². The molecule has 0 aliphatic carbocycles. The van der Waals surface area contributed by atoms with Crippen LogP contribution < -0.4 is 4.90 Å². The van der Waals surface area contributed by atoms with Crippen LogP contribution in [0.4, 0.5) is 5.69 Å². The fourth-order valence-electron chi connectivity index (χ4n) is 3.69. The second-order valence-corrected chi connectivity index (χ2v) is 8.30. The number of ketones is 1. The Morgan fingerprint density at radius 3 is 2.35 bits per heavy atom. The molecule has 3 aromatic carbocycles. The van der Waals surface area contributed by atoms with Gasteiger partial charge in [-0.15, -0.1) is 0 Å². The molecule has 0 saturated carbocycles. The SMILES string of the molecule is O=C(/C=C/c1ccccc1)CC1(O)C(=O)N(Cc2ccc(Cl)cc2)c2ccc(Cl)cc21. The first-order valence-corrected chi connectivity index (χ1v) is 10.5. The van der Waals surface area contributed by atoms with E-state index in [0.717, 1.165) is 11.1 Å². The number of hydrogen-bond acceptors (Lipinski definition) is 3. The van der Waals surface area contributed by atoms with E-state index < -0.39 is 11.5 Å². The lowest BCUT2D eigenvalue weighted by atomic mass is 9.89. The highest BCUT2D eigenvalue weighted by atomic mass is 35.5. The van der Waals surface area contributed by atoms with E-state index in [1.807, 2.05) is 42.5 Å². The third-order valence-corrected chi connectivity index (χ3v) is 5.73. The number of hydrogen-bond donors (Lipinski definition) is 1. The zero-order valence-corrected chi connectivity index (χ0v) is 18.0. The van der Waals surface area contributed by atoms with Crippen molar-refractivity contribution in [2.45, 2.75) is 18.6 Å². The molecule has 156 valence electrons. The maximum absolute atomic E-state index is 13.3. The molecule has 1 atom stereocenters. The topological polar surface area (TPSA) is 57.6 Å². The Morgan fingerprint density at radius 1 is 0.968 bits per heavy atom.